The highest BCUT2D eigenvalue weighted by molar-refractivity contribution is 7.25. The van der Waals surface area contributed by atoms with Crippen LogP contribution in [0.3, 0.4) is 0 Å². The molecule has 1 atom stereocenters. The molecule has 3 aliphatic rings. The first-order valence-corrected chi connectivity index (χ1v) is 23.9. The Hall–Kier alpha value is -7.78. The van der Waals surface area contributed by atoms with Gasteiger partial charge in [0.2, 0.25) is 0 Å². The summed E-state index contributed by atoms with van der Waals surface area (Å²) in [5, 5.41) is 2.64. The average Bonchev–Trinajstić information content (AvgIpc) is 4.07. The lowest BCUT2D eigenvalue weighted by Crippen LogP contribution is -2.26. The predicted octanol–water partition coefficient (Wildman–Crippen LogP) is 17.5. The quantitative estimate of drug-likeness (QED) is 0.167. The normalized spacial score (nSPS) is 15.6. The third-order valence-electron chi connectivity index (χ3n) is 15.1. The second-order valence-electron chi connectivity index (χ2n) is 18.7. The molecule has 0 N–H and O–H groups in total. The molecule has 1 unspecified atom stereocenters. The first-order valence-electron chi connectivity index (χ1n) is 23.1. The lowest BCUT2D eigenvalue weighted by molar-refractivity contribution is 0.660. The van der Waals surface area contributed by atoms with Gasteiger partial charge in [-0.25, -0.2) is 0 Å². The summed E-state index contributed by atoms with van der Waals surface area (Å²) < 4.78 is 2.65. The van der Waals surface area contributed by atoms with Crippen LogP contribution in [0.25, 0.3) is 75.8 Å². The molecule has 0 fully saturated rings. The molecule has 14 rings (SSSR count). The van der Waals surface area contributed by atoms with Gasteiger partial charge in [0, 0.05) is 42.5 Å². The number of anilines is 3. The Balaban J connectivity index is 1.00. The molecule has 1 aromatic heterocycles. The largest absolute Gasteiger partial charge is 0.310 e. The van der Waals surface area contributed by atoms with Crippen molar-refractivity contribution < 1.29 is 0 Å². The number of fused-ring (bicyclic) bond motifs is 16. The minimum atomic E-state index is -0.500. The van der Waals surface area contributed by atoms with E-state index in [0.29, 0.717) is 0 Å². The molecule has 0 aliphatic heterocycles. The van der Waals surface area contributed by atoms with Crippen LogP contribution in [-0.2, 0) is 10.8 Å². The second-order valence-corrected chi connectivity index (χ2v) is 19.8. The number of benzene rings is 10. The molecule has 0 saturated carbocycles. The molecule has 0 amide bonds. The fourth-order valence-corrected chi connectivity index (χ4v) is 13.3. The molecule has 310 valence electrons. The van der Waals surface area contributed by atoms with E-state index in [1.165, 1.54) is 115 Å². The molecule has 0 saturated heterocycles. The van der Waals surface area contributed by atoms with Crippen LogP contribution in [-0.4, -0.2) is 0 Å². The van der Waals surface area contributed by atoms with Gasteiger partial charge in [-0.3, -0.25) is 0 Å². The van der Waals surface area contributed by atoms with Crippen LogP contribution in [0.4, 0.5) is 17.1 Å². The van der Waals surface area contributed by atoms with Crippen LogP contribution in [0.15, 0.2) is 224 Å². The van der Waals surface area contributed by atoms with Crippen LogP contribution in [0.5, 0.6) is 0 Å². The Bertz CT molecular complexity index is 3800. The molecular weight excluding hydrogens is 815 g/mol. The van der Waals surface area contributed by atoms with Gasteiger partial charge < -0.3 is 4.90 Å². The molecule has 10 aromatic carbocycles. The van der Waals surface area contributed by atoms with Gasteiger partial charge in [-0.15, -0.1) is 11.3 Å². The molecular formula is C64H43NS. The maximum atomic E-state index is 2.54. The van der Waals surface area contributed by atoms with Crippen molar-refractivity contribution in [3.8, 4) is 55.6 Å². The summed E-state index contributed by atoms with van der Waals surface area (Å²) >= 11 is 1.87. The molecule has 66 heavy (non-hydrogen) atoms. The Kier molecular flexibility index (Phi) is 7.89. The van der Waals surface area contributed by atoms with Gasteiger partial charge in [0.1, 0.15) is 0 Å². The third-order valence-corrected chi connectivity index (χ3v) is 16.3. The standard InChI is InChI=1S/C64H43NS/c1-63(2)52-23-10-6-18-46(52)47-36-35-44(39-57(47)63)65(43-33-30-40(31-34-43)42-32-37-60-51(38-42)48-19-9-13-29-59(48)66-60)58-28-15-27-56-62(58)50-21-8-12-25-54(50)64(56)53-24-11-7-20-49(53)61-45(22-14-26-55(61)64)41-16-4-3-5-17-41/h3-39H,1-2H3. The van der Waals surface area contributed by atoms with E-state index in [-0.39, 0.29) is 5.41 Å². The molecule has 1 spiro atoms. The van der Waals surface area contributed by atoms with Gasteiger partial charge in [0.05, 0.1) is 11.1 Å². The lowest BCUT2D eigenvalue weighted by Gasteiger charge is -2.32. The molecule has 3 aliphatic carbocycles. The van der Waals surface area contributed by atoms with Gasteiger partial charge in [-0.1, -0.05) is 190 Å². The maximum Gasteiger partial charge on any atom is 0.0726 e. The molecule has 2 heteroatoms. The van der Waals surface area contributed by atoms with Crippen LogP contribution < -0.4 is 4.90 Å². The summed E-state index contributed by atoms with van der Waals surface area (Å²) in [6.07, 6.45) is 0. The number of thiophene rings is 1. The average molecular weight is 858 g/mol. The summed E-state index contributed by atoms with van der Waals surface area (Å²) in [4.78, 5) is 2.54. The van der Waals surface area contributed by atoms with Crippen molar-refractivity contribution in [1.82, 2.24) is 0 Å². The second kappa shape index (κ2) is 13.9. The molecule has 0 radical (unpaired) electrons. The molecule has 1 heterocycles. The maximum absolute atomic E-state index is 2.54. The number of nitrogens with zero attached hydrogens (tertiary/aromatic N) is 1. The van der Waals surface area contributed by atoms with Gasteiger partial charge in [0.15, 0.2) is 0 Å². The van der Waals surface area contributed by atoms with Crippen molar-refractivity contribution in [3.63, 3.8) is 0 Å². The summed E-state index contributed by atoms with van der Waals surface area (Å²) in [5.41, 5.74) is 23.7. The summed E-state index contributed by atoms with van der Waals surface area (Å²) in [6.45, 7) is 4.76. The zero-order chi connectivity index (χ0) is 43.7. The van der Waals surface area contributed by atoms with Crippen molar-refractivity contribution in [2.24, 2.45) is 0 Å². The Labute approximate surface area is 389 Å². The van der Waals surface area contributed by atoms with Crippen LogP contribution in [0.1, 0.15) is 47.2 Å². The zero-order valence-corrected chi connectivity index (χ0v) is 37.5. The lowest BCUT2D eigenvalue weighted by atomic mass is 9.70. The third kappa shape index (κ3) is 5.05. The van der Waals surface area contributed by atoms with Gasteiger partial charge in [-0.2, -0.15) is 0 Å². The topological polar surface area (TPSA) is 3.24 Å². The first kappa shape index (κ1) is 37.6. The molecule has 11 aromatic rings. The smallest absolute Gasteiger partial charge is 0.0726 e. The highest BCUT2D eigenvalue weighted by Crippen LogP contribution is 2.66. The Morgan fingerprint density at radius 1 is 0.333 bits per heavy atom. The first-order chi connectivity index (χ1) is 32.5. The fourth-order valence-electron chi connectivity index (χ4n) is 12.2. The fraction of sp³-hybridized carbons (Fsp3) is 0.0625. The van der Waals surface area contributed by atoms with Crippen molar-refractivity contribution in [2.75, 3.05) is 4.90 Å². The van der Waals surface area contributed by atoms with E-state index in [2.05, 4.69) is 243 Å². The SMILES string of the molecule is CC1(C)c2ccccc2-c2ccc(N(c3ccc(-c4ccc5sc6ccccc6c5c4)cc3)c3cccc4c3-c3ccccc3C43c4ccccc4-c4c(-c5ccccc5)cccc43)cc21. The van der Waals surface area contributed by atoms with Gasteiger partial charge in [0.25, 0.3) is 0 Å². The van der Waals surface area contributed by atoms with Gasteiger partial charge >= 0.3 is 0 Å². The van der Waals surface area contributed by atoms with Crippen LogP contribution in [0.2, 0.25) is 0 Å². The minimum absolute atomic E-state index is 0.148. The number of hydrogen-bond donors (Lipinski definition) is 0. The Morgan fingerprint density at radius 3 is 1.68 bits per heavy atom. The van der Waals surface area contributed by atoms with E-state index < -0.39 is 5.41 Å². The van der Waals surface area contributed by atoms with E-state index >= 15 is 0 Å². The van der Waals surface area contributed by atoms with Crippen molar-refractivity contribution >= 4 is 48.6 Å². The summed E-state index contributed by atoms with van der Waals surface area (Å²) in [5.74, 6) is 0. The van der Waals surface area contributed by atoms with E-state index in [4.69, 9.17) is 0 Å². The molecule has 0 bridgehead atoms. The predicted molar refractivity (Wildman–Crippen MR) is 279 cm³/mol. The zero-order valence-electron chi connectivity index (χ0n) is 36.7. The van der Waals surface area contributed by atoms with Crippen molar-refractivity contribution in [3.05, 3.63) is 258 Å². The minimum Gasteiger partial charge on any atom is -0.310 e. The van der Waals surface area contributed by atoms with E-state index in [1.54, 1.807) is 0 Å². The highest BCUT2D eigenvalue weighted by atomic mass is 32.1. The van der Waals surface area contributed by atoms with E-state index in [1.807, 2.05) is 11.3 Å². The van der Waals surface area contributed by atoms with Crippen LogP contribution in [0, 0.1) is 0 Å². The highest BCUT2D eigenvalue weighted by Gasteiger charge is 2.53. The number of rotatable bonds is 5. The van der Waals surface area contributed by atoms with E-state index in [9.17, 15) is 0 Å². The monoisotopic (exact) mass is 857 g/mol. The number of hydrogen-bond acceptors (Lipinski definition) is 2. The van der Waals surface area contributed by atoms with Gasteiger partial charge in [-0.05, 0) is 132 Å². The van der Waals surface area contributed by atoms with E-state index in [0.717, 1.165) is 11.4 Å². The van der Waals surface area contributed by atoms with Crippen molar-refractivity contribution in [1.29, 1.82) is 0 Å². The summed E-state index contributed by atoms with van der Waals surface area (Å²) in [7, 11) is 0. The summed E-state index contributed by atoms with van der Waals surface area (Å²) in [6, 6.07) is 84.5. The Morgan fingerprint density at radius 2 is 0.894 bits per heavy atom. The van der Waals surface area contributed by atoms with Crippen LogP contribution >= 0.6 is 11.3 Å². The molecule has 1 nitrogen and oxygen atoms in total. The van der Waals surface area contributed by atoms with Crippen molar-refractivity contribution in [2.45, 2.75) is 24.7 Å².